The molecule has 0 saturated heterocycles. The molecule has 0 fully saturated rings. The van der Waals surface area contributed by atoms with Gasteiger partial charge in [0.15, 0.2) is 0 Å². The molecule has 0 aliphatic heterocycles. The van der Waals surface area contributed by atoms with Crippen molar-refractivity contribution in [2.24, 2.45) is 0 Å². The summed E-state index contributed by atoms with van der Waals surface area (Å²) in [5.41, 5.74) is 2.66. The standard InChI is InChI=1S/C20H22N2Si/c1-3-17(2)23-20(22-15-14-21-16-22,18-10-6-4-7-11-18)19-12-8-5-9-13-19/h3-16H,23H2,1-2H3. The van der Waals surface area contributed by atoms with E-state index in [1.54, 1.807) is 0 Å². The normalized spacial score (nSPS) is 12.9. The highest BCUT2D eigenvalue weighted by Crippen LogP contribution is 2.34. The number of hydrogen-bond donors (Lipinski definition) is 0. The summed E-state index contributed by atoms with van der Waals surface area (Å²) in [6.07, 6.45) is 8.18. The molecule has 1 heterocycles. The van der Waals surface area contributed by atoms with Crippen molar-refractivity contribution in [3.63, 3.8) is 0 Å². The fourth-order valence-electron chi connectivity index (χ4n) is 3.18. The molecule has 116 valence electrons. The highest BCUT2D eigenvalue weighted by Gasteiger charge is 2.36. The van der Waals surface area contributed by atoms with Gasteiger partial charge in [0.1, 0.15) is 0 Å². The van der Waals surface area contributed by atoms with Gasteiger partial charge >= 0.3 is 0 Å². The van der Waals surface area contributed by atoms with Gasteiger partial charge in [0.25, 0.3) is 0 Å². The lowest BCUT2D eigenvalue weighted by molar-refractivity contribution is 0.594. The van der Waals surface area contributed by atoms with Gasteiger partial charge in [0, 0.05) is 12.4 Å². The summed E-state index contributed by atoms with van der Waals surface area (Å²) in [4.78, 5) is 4.34. The van der Waals surface area contributed by atoms with E-state index in [-0.39, 0.29) is 5.16 Å². The van der Waals surface area contributed by atoms with E-state index in [1.807, 2.05) is 12.5 Å². The average molecular weight is 318 g/mol. The molecule has 0 radical (unpaired) electrons. The van der Waals surface area contributed by atoms with E-state index in [2.05, 4.69) is 96.3 Å². The fourth-order valence-corrected chi connectivity index (χ4v) is 5.44. The SMILES string of the molecule is CC=C(C)[SiH2]C(c1ccccc1)(c1ccccc1)n1ccnc1. The molecule has 0 aliphatic rings. The lowest BCUT2D eigenvalue weighted by Gasteiger charge is -2.37. The molecule has 3 aromatic rings. The number of allylic oxidation sites excluding steroid dienone is 2. The number of aromatic nitrogens is 2. The minimum absolute atomic E-state index is 0.143. The van der Waals surface area contributed by atoms with E-state index in [9.17, 15) is 0 Å². The molecule has 0 amide bonds. The van der Waals surface area contributed by atoms with E-state index in [1.165, 1.54) is 16.3 Å². The molecular weight excluding hydrogens is 296 g/mol. The van der Waals surface area contributed by atoms with Crippen LogP contribution in [0.2, 0.25) is 0 Å². The maximum absolute atomic E-state index is 4.34. The highest BCUT2D eigenvalue weighted by atomic mass is 28.2. The third kappa shape index (κ3) is 2.92. The Kier molecular flexibility index (Phi) is 4.58. The Morgan fingerprint density at radius 1 is 1.00 bits per heavy atom. The topological polar surface area (TPSA) is 17.8 Å². The van der Waals surface area contributed by atoms with Crippen LogP contribution in [0.5, 0.6) is 0 Å². The molecule has 0 atom stereocenters. The van der Waals surface area contributed by atoms with Crippen molar-refractivity contribution in [2.45, 2.75) is 19.0 Å². The van der Waals surface area contributed by atoms with Crippen molar-refractivity contribution >= 4 is 9.52 Å². The number of rotatable bonds is 5. The maximum Gasteiger partial charge on any atom is 0.0954 e. The molecule has 2 nitrogen and oxygen atoms in total. The molecule has 0 bridgehead atoms. The van der Waals surface area contributed by atoms with Crippen LogP contribution < -0.4 is 0 Å². The zero-order chi connectivity index (χ0) is 16.1. The summed E-state index contributed by atoms with van der Waals surface area (Å²) >= 11 is 0. The Morgan fingerprint density at radius 3 is 2.00 bits per heavy atom. The minimum atomic E-state index is -0.639. The molecule has 1 aromatic heterocycles. The zero-order valence-corrected chi connectivity index (χ0v) is 15.1. The second kappa shape index (κ2) is 6.80. The summed E-state index contributed by atoms with van der Waals surface area (Å²) in [6.45, 7) is 4.39. The van der Waals surface area contributed by atoms with Crippen LogP contribution in [0.15, 0.2) is 90.7 Å². The molecule has 3 rings (SSSR count). The Morgan fingerprint density at radius 2 is 1.57 bits per heavy atom. The molecule has 0 unspecified atom stereocenters. The number of hydrogen-bond acceptors (Lipinski definition) is 1. The molecule has 0 saturated carbocycles. The molecule has 0 N–H and O–H groups in total. The number of nitrogens with zero attached hydrogens (tertiary/aromatic N) is 2. The zero-order valence-electron chi connectivity index (χ0n) is 13.7. The Labute approximate surface area is 140 Å². The fraction of sp³-hybridized carbons (Fsp3) is 0.150. The van der Waals surface area contributed by atoms with Crippen LogP contribution in [-0.2, 0) is 5.16 Å². The molecule has 23 heavy (non-hydrogen) atoms. The van der Waals surface area contributed by atoms with Crippen LogP contribution in [0.25, 0.3) is 0 Å². The lowest BCUT2D eigenvalue weighted by atomic mass is 9.97. The van der Waals surface area contributed by atoms with E-state index in [4.69, 9.17) is 0 Å². The van der Waals surface area contributed by atoms with Crippen LogP contribution in [0, 0.1) is 0 Å². The largest absolute Gasteiger partial charge is 0.326 e. The smallest absolute Gasteiger partial charge is 0.0954 e. The lowest BCUT2D eigenvalue weighted by Crippen LogP contribution is -2.42. The van der Waals surface area contributed by atoms with Crippen molar-refractivity contribution in [3.05, 3.63) is 102 Å². The summed E-state index contributed by atoms with van der Waals surface area (Å²) in [5, 5.41) is 1.35. The van der Waals surface area contributed by atoms with Gasteiger partial charge in [-0.1, -0.05) is 71.9 Å². The third-order valence-electron chi connectivity index (χ3n) is 4.48. The number of imidazole rings is 1. The molecular formula is C20H22N2Si. The summed E-state index contributed by atoms with van der Waals surface area (Å²) < 4.78 is 2.29. The maximum atomic E-state index is 4.34. The third-order valence-corrected chi connectivity index (χ3v) is 7.13. The monoisotopic (exact) mass is 318 g/mol. The van der Waals surface area contributed by atoms with Crippen molar-refractivity contribution < 1.29 is 0 Å². The van der Waals surface area contributed by atoms with E-state index < -0.39 is 9.52 Å². The van der Waals surface area contributed by atoms with Crippen LogP contribution in [0.1, 0.15) is 25.0 Å². The quantitative estimate of drug-likeness (QED) is 0.656. The molecule has 2 aromatic carbocycles. The first-order valence-electron chi connectivity index (χ1n) is 7.98. The van der Waals surface area contributed by atoms with Crippen LogP contribution >= 0.6 is 0 Å². The van der Waals surface area contributed by atoms with Crippen LogP contribution in [-0.4, -0.2) is 19.1 Å². The van der Waals surface area contributed by atoms with Gasteiger partial charge in [-0.2, -0.15) is 0 Å². The summed E-state index contributed by atoms with van der Waals surface area (Å²) in [7, 11) is -0.639. The van der Waals surface area contributed by atoms with Crippen molar-refractivity contribution in [2.75, 3.05) is 0 Å². The Hall–Kier alpha value is -2.39. The van der Waals surface area contributed by atoms with Crippen molar-refractivity contribution in [1.82, 2.24) is 9.55 Å². The van der Waals surface area contributed by atoms with E-state index in [0.29, 0.717) is 0 Å². The molecule has 0 aliphatic carbocycles. The summed E-state index contributed by atoms with van der Waals surface area (Å²) in [5.74, 6) is 0. The average Bonchev–Trinajstić information content (AvgIpc) is 3.16. The second-order valence-electron chi connectivity index (χ2n) is 5.87. The van der Waals surface area contributed by atoms with Gasteiger partial charge < -0.3 is 4.57 Å². The van der Waals surface area contributed by atoms with Crippen molar-refractivity contribution in [1.29, 1.82) is 0 Å². The minimum Gasteiger partial charge on any atom is -0.326 e. The first-order valence-corrected chi connectivity index (χ1v) is 9.40. The van der Waals surface area contributed by atoms with Gasteiger partial charge in [-0.15, -0.1) is 0 Å². The Balaban J connectivity index is 2.30. The number of benzene rings is 2. The van der Waals surface area contributed by atoms with Crippen LogP contribution in [0.3, 0.4) is 0 Å². The molecule has 0 spiro atoms. The highest BCUT2D eigenvalue weighted by molar-refractivity contribution is 6.50. The first kappa shape index (κ1) is 15.5. The van der Waals surface area contributed by atoms with Crippen molar-refractivity contribution in [3.8, 4) is 0 Å². The predicted molar refractivity (Wildman–Crippen MR) is 99.3 cm³/mol. The second-order valence-corrected chi connectivity index (χ2v) is 8.37. The van der Waals surface area contributed by atoms with Gasteiger partial charge in [0.05, 0.1) is 21.0 Å². The van der Waals surface area contributed by atoms with E-state index >= 15 is 0 Å². The van der Waals surface area contributed by atoms with Gasteiger partial charge in [0.2, 0.25) is 0 Å². The summed E-state index contributed by atoms with van der Waals surface area (Å²) in [6, 6.07) is 21.6. The van der Waals surface area contributed by atoms with Gasteiger partial charge in [-0.3, -0.25) is 0 Å². The Bertz CT molecular complexity index is 722. The van der Waals surface area contributed by atoms with Crippen LogP contribution in [0.4, 0.5) is 0 Å². The van der Waals surface area contributed by atoms with E-state index in [0.717, 1.165) is 0 Å². The van der Waals surface area contributed by atoms with Gasteiger partial charge in [-0.05, 0) is 25.0 Å². The first-order chi connectivity index (χ1) is 11.3. The molecule has 3 heteroatoms. The van der Waals surface area contributed by atoms with Gasteiger partial charge in [-0.25, -0.2) is 4.98 Å². The predicted octanol–water partition coefficient (Wildman–Crippen LogP) is 3.73.